The molecule has 5 nitrogen and oxygen atoms in total. The summed E-state index contributed by atoms with van der Waals surface area (Å²) in [4.78, 5) is 6.45. The third kappa shape index (κ3) is 5.77. The number of hydrogen-bond acceptors (Lipinski definition) is 4. The van der Waals surface area contributed by atoms with E-state index >= 15 is 0 Å². The second-order valence-electron chi connectivity index (χ2n) is 6.77. The fraction of sp³-hybridized carbons (Fsp3) is 0.421. The Labute approximate surface area is 160 Å². The summed E-state index contributed by atoms with van der Waals surface area (Å²) in [5.41, 5.74) is 1.90. The predicted octanol–water partition coefficient (Wildman–Crippen LogP) is 3.07. The van der Waals surface area contributed by atoms with Crippen LogP contribution in [0.1, 0.15) is 24.0 Å². The Morgan fingerprint density at radius 3 is 2.50 bits per heavy atom. The predicted molar refractivity (Wildman–Crippen MR) is 104 cm³/mol. The standard InChI is InChI=1S/C19H24ClN3O2S/c20-19-4-2-1-3-18(19)15-26(24,25)22-13-16-7-11-23(12-8-16)14-17-5-9-21-10-6-17/h1-6,9-10,16,22H,7-8,11-15H2. The zero-order valence-electron chi connectivity index (χ0n) is 14.6. The van der Waals surface area contributed by atoms with Crippen LogP contribution in [0.25, 0.3) is 0 Å². The van der Waals surface area contributed by atoms with Crippen LogP contribution in [0.15, 0.2) is 48.8 Å². The first-order chi connectivity index (χ1) is 12.5. The highest BCUT2D eigenvalue weighted by molar-refractivity contribution is 7.88. The Morgan fingerprint density at radius 2 is 1.81 bits per heavy atom. The lowest BCUT2D eigenvalue weighted by Gasteiger charge is -2.32. The Balaban J connectivity index is 1.44. The average molecular weight is 394 g/mol. The molecule has 2 heterocycles. The average Bonchev–Trinajstić information content (AvgIpc) is 2.64. The van der Waals surface area contributed by atoms with Crippen LogP contribution in [0, 0.1) is 5.92 Å². The summed E-state index contributed by atoms with van der Waals surface area (Å²) in [6.45, 7) is 3.39. The van der Waals surface area contributed by atoms with Crippen LogP contribution in [0.4, 0.5) is 0 Å². The molecule has 1 N–H and O–H groups in total. The first-order valence-electron chi connectivity index (χ1n) is 8.84. The molecule has 0 saturated carbocycles. The van der Waals surface area contributed by atoms with E-state index in [2.05, 4.69) is 14.6 Å². The molecule has 0 spiro atoms. The molecule has 3 rings (SSSR count). The van der Waals surface area contributed by atoms with Crippen LogP contribution < -0.4 is 4.72 Å². The number of aromatic nitrogens is 1. The fourth-order valence-electron chi connectivity index (χ4n) is 3.21. The van der Waals surface area contributed by atoms with Gasteiger partial charge in [0.15, 0.2) is 0 Å². The van der Waals surface area contributed by atoms with Gasteiger partial charge in [-0.2, -0.15) is 0 Å². The minimum atomic E-state index is -3.37. The van der Waals surface area contributed by atoms with E-state index < -0.39 is 10.0 Å². The lowest BCUT2D eigenvalue weighted by molar-refractivity contribution is 0.178. The number of nitrogens with one attached hydrogen (secondary N) is 1. The van der Waals surface area contributed by atoms with E-state index in [0.29, 0.717) is 23.0 Å². The van der Waals surface area contributed by atoms with E-state index in [0.717, 1.165) is 32.5 Å². The lowest BCUT2D eigenvalue weighted by Crippen LogP contribution is -2.38. The Hall–Kier alpha value is -1.47. The van der Waals surface area contributed by atoms with E-state index in [1.807, 2.05) is 24.5 Å². The monoisotopic (exact) mass is 393 g/mol. The van der Waals surface area contributed by atoms with Crippen molar-refractivity contribution in [2.45, 2.75) is 25.1 Å². The lowest BCUT2D eigenvalue weighted by atomic mass is 9.97. The van der Waals surface area contributed by atoms with Gasteiger partial charge in [-0.3, -0.25) is 9.88 Å². The molecule has 0 atom stereocenters. The Morgan fingerprint density at radius 1 is 1.12 bits per heavy atom. The molecule has 1 fully saturated rings. The Bertz CT molecular complexity index is 807. The van der Waals surface area contributed by atoms with Gasteiger partial charge in [-0.1, -0.05) is 29.8 Å². The number of hydrogen-bond donors (Lipinski definition) is 1. The van der Waals surface area contributed by atoms with Gasteiger partial charge in [-0.15, -0.1) is 0 Å². The molecule has 1 saturated heterocycles. The molecule has 1 aliphatic rings. The molecule has 0 bridgehead atoms. The SMILES string of the molecule is O=S(=O)(Cc1ccccc1Cl)NCC1CCN(Cc2ccncc2)CC1. The van der Waals surface area contributed by atoms with Crippen LogP contribution in [0.2, 0.25) is 5.02 Å². The van der Waals surface area contributed by atoms with Crippen molar-refractivity contribution in [3.8, 4) is 0 Å². The summed E-state index contributed by atoms with van der Waals surface area (Å²) < 4.78 is 27.4. The highest BCUT2D eigenvalue weighted by Gasteiger charge is 2.21. The van der Waals surface area contributed by atoms with Crippen molar-refractivity contribution in [2.24, 2.45) is 5.92 Å². The highest BCUT2D eigenvalue weighted by Crippen LogP contribution is 2.20. The maximum atomic E-state index is 12.3. The third-order valence-corrected chi connectivity index (χ3v) is 6.42. The van der Waals surface area contributed by atoms with Gasteiger partial charge < -0.3 is 0 Å². The summed E-state index contributed by atoms with van der Waals surface area (Å²) in [6.07, 6.45) is 5.63. The highest BCUT2D eigenvalue weighted by atomic mass is 35.5. The second-order valence-corrected chi connectivity index (χ2v) is 8.99. The number of sulfonamides is 1. The molecule has 0 aliphatic carbocycles. The maximum absolute atomic E-state index is 12.3. The summed E-state index contributed by atoms with van der Waals surface area (Å²) in [7, 11) is -3.37. The van der Waals surface area contributed by atoms with Crippen LogP contribution in [0.5, 0.6) is 0 Å². The first kappa shape index (κ1) is 19.3. The van der Waals surface area contributed by atoms with Gasteiger partial charge in [0.05, 0.1) is 5.75 Å². The molecular formula is C19H24ClN3O2S. The maximum Gasteiger partial charge on any atom is 0.215 e. The number of halogens is 1. The number of rotatable bonds is 7. The zero-order valence-corrected chi connectivity index (χ0v) is 16.2. The fourth-order valence-corrected chi connectivity index (χ4v) is 4.75. The van der Waals surface area contributed by atoms with Gasteiger partial charge in [0, 0.05) is 30.5 Å². The number of nitrogens with zero attached hydrogens (tertiary/aromatic N) is 2. The molecule has 1 aromatic heterocycles. The van der Waals surface area contributed by atoms with Crippen molar-refractivity contribution in [3.63, 3.8) is 0 Å². The quantitative estimate of drug-likeness (QED) is 0.785. The van der Waals surface area contributed by atoms with Gasteiger partial charge >= 0.3 is 0 Å². The summed E-state index contributed by atoms with van der Waals surface area (Å²) in [6, 6.07) is 11.1. The topological polar surface area (TPSA) is 62.3 Å². The molecule has 1 aromatic carbocycles. The van der Waals surface area contributed by atoms with Gasteiger partial charge in [0.1, 0.15) is 0 Å². The molecule has 0 radical (unpaired) electrons. The smallest absolute Gasteiger partial charge is 0.215 e. The van der Waals surface area contributed by atoms with E-state index in [1.165, 1.54) is 5.56 Å². The molecule has 0 amide bonds. The normalized spacial score (nSPS) is 16.7. The number of pyridine rings is 1. The third-order valence-electron chi connectivity index (χ3n) is 4.76. The number of likely N-dealkylation sites (tertiary alicyclic amines) is 1. The molecule has 7 heteroatoms. The minimum absolute atomic E-state index is 0.0758. The van der Waals surface area contributed by atoms with Crippen molar-refractivity contribution in [1.29, 1.82) is 0 Å². The van der Waals surface area contributed by atoms with Gasteiger partial charge in [-0.05, 0) is 61.2 Å². The van der Waals surface area contributed by atoms with Crippen LogP contribution in [-0.4, -0.2) is 37.9 Å². The molecule has 26 heavy (non-hydrogen) atoms. The summed E-state index contributed by atoms with van der Waals surface area (Å²) in [5, 5.41) is 0.488. The zero-order chi connectivity index (χ0) is 18.4. The van der Waals surface area contributed by atoms with Crippen molar-refractivity contribution >= 4 is 21.6 Å². The largest absolute Gasteiger partial charge is 0.299 e. The van der Waals surface area contributed by atoms with Gasteiger partial charge in [0.25, 0.3) is 0 Å². The Kier molecular flexibility index (Phi) is 6.64. The second kappa shape index (κ2) is 8.95. The number of benzene rings is 1. The van der Waals surface area contributed by atoms with Crippen LogP contribution in [0.3, 0.4) is 0 Å². The molecule has 140 valence electrons. The van der Waals surface area contributed by atoms with Crippen molar-refractivity contribution in [3.05, 3.63) is 64.9 Å². The van der Waals surface area contributed by atoms with E-state index in [4.69, 9.17) is 11.6 Å². The van der Waals surface area contributed by atoms with E-state index in [9.17, 15) is 8.42 Å². The van der Waals surface area contributed by atoms with Crippen LogP contribution in [-0.2, 0) is 22.3 Å². The van der Waals surface area contributed by atoms with Gasteiger partial charge in [-0.25, -0.2) is 13.1 Å². The molecule has 1 aliphatic heterocycles. The van der Waals surface area contributed by atoms with Crippen molar-refractivity contribution < 1.29 is 8.42 Å². The van der Waals surface area contributed by atoms with Crippen molar-refractivity contribution in [2.75, 3.05) is 19.6 Å². The van der Waals surface area contributed by atoms with Crippen LogP contribution >= 0.6 is 11.6 Å². The first-order valence-corrected chi connectivity index (χ1v) is 10.9. The summed E-state index contributed by atoms with van der Waals surface area (Å²) in [5.74, 6) is 0.304. The van der Waals surface area contributed by atoms with Gasteiger partial charge in [0.2, 0.25) is 10.0 Å². The number of piperidine rings is 1. The molecular weight excluding hydrogens is 370 g/mol. The summed E-state index contributed by atoms with van der Waals surface area (Å²) >= 11 is 6.06. The molecule has 0 unspecified atom stereocenters. The van der Waals surface area contributed by atoms with E-state index in [1.54, 1.807) is 24.3 Å². The molecule has 2 aromatic rings. The minimum Gasteiger partial charge on any atom is -0.299 e. The van der Waals surface area contributed by atoms with E-state index in [-0.39, 0.29) is 5.75 Å². The van der Waals surface area contributed by atoms with Crippen molar-refractivity contribution in [1.82, 2.24) is 14.6 Å².